The molecule has 130 valence electrons. The van der Waals surface area contributed by atoms with Crippen molar-refractivity contribution in [3.63, 3.8) is 0 Å². The van der Waals surface area contributed by atoms with Crippen LogP contribution in [0.15, 0.2) is 41.5 Å². The van der Waals surface area contributed by atoms with Crippen LogP contribution in [0.4, 0.5) is 28.0 Å². The summed E-state index contributed by atoms with van der Waals surface area (Å²) in [5.74, 6) is -1.94. The van der Waals surface area contributed by atoms with Crippen molar-refractivity contribution < 1.29 is 32.2 Å². The zero-order valence-corrected chi connectivity index (χ0v) is 12.4. The van der Waals surface area contributed by atoms with Crippen LogP contribution >= 0.6 is 0 Å². The van der Waals surface area contributed by atoms with Gasteiger partial charge >= 0.3 is 12.3 Å². The second-order valence-corrected chi connectivity index (χ2v) is 5.05. The van der Waals surface area contributed by atoms with E-state index in [2.05, 4.69) is 9.84 Å². The molecule has 5 nitrogen and oxygen atoms in total. The molecule has 1 N–H and O–H groups in total. The maximum Gasteiger partial charge on any atom is 0.435 e. The number of hydrogen-bond donors (Lipinski definition) is 1. The average molecular weight is 354 g/mol. The SMILES string of the molecule is O=C1OCC=NN1c1ccc(-c2cccc(O)c2F)c(C(F)(F)F)c1. The van der Waals surface area contributed by atoms with Gasteiger partial charge in [0, 0.05) is 5.56 Å². The van der Waals surface area contributed by atoms with Gasteiger partial charge in [0.25, 0.3) is 0 Å². The van der Waals surface area contributed by atoms with E-state index in [1.807, 2.05) is 0 Å². The number of ether oxygens (including phenoxy) is 1. The standard InChI is InChI=1S/C16H10F4N2O3/c17-14-11(2-1-3-13(14)23)10-5-4-9(8-12(10)16(18,19)20)22-15(24)25-7-6-21-22/h1-6,8,23H,7H2. The van der Waals surface area contributed by atoms with Crippen molar-refractivity contribution in [2.45, 2.75) is 6.18 Å². The largest absolute Gasteiger partial charge is 0.505 e. The Morgan fingerprint density at radius 3 is 2.60 bits per heavy atom. The van der Waals surface area contributed by atoms with Crippen molar-refractivity contribution in [2.75, 3.05) is 11.6 Å². The number of benzene rings is 2. The summed E-state index contributed by atoms with van der Waals surface area (Å²) in [6.45, 7) is -0.0753. The molecular formula is C16H10F4N2O3. The monoisotopic (exact) mass is 354 g/mol. The van der Waals surface area contributed by atoms with Gasteiger partial charge < -0.3 is 9.84 Å². The molecule has 1 heterocycles. The lowest BCUT2D eigenvalue weighted by atomic mass is 9.97. The minimum absolute atomic E-state index is 0.0753. The van der Waals surface area contributed by atoms with Crippen molar-refractivity contribution in [2.24, 2.45) is 5.10 Å². The lowest BCUT2D eigenvalue weighted by molar-refractivity contribution is -0.137. The summed E-state index contributed by atoms with van der Waals surface area (Å²) >= 11 is 0. The topological polar surface area (TPSA) is 62.1 Å². The number of carbonyl (C=O) groups excluding carboxylic acids is 1. The Hall–Kier alpha value is -3.10. The summed E-state index contributed by atoms with van der Waals surface area (Å²) in [5, 5.41) is 13.8. The van der Waals surface area contributed by atoms with E-state index >= 15 is 0 Å². The number of phenols is 1. The zero-order chi connectivity index (χ0) is 18.2. The number of aromatic hydroxyl groups is 1. The molecule has 25 heavy (non-hydrogen) atoms. The number of anilines is 1. The third-order valence-electron chi connectivity index (χ3n) is 3.47. The van der Waals surface area contributed by atoms with Gasteiger partial charge in [0.2, 0.25) is 0 Å². The molecule has 0 unspecified atom stereocenters. The summed E-state index contributed by atoms with van der Waals surface area (Å²) in [7, 11) is 0. The lowest BCUT2D eigenvalue weighted by Gasteiger charge is -2.22. The van der Waals surface area contributed by atoms with Crippen LogP contribution in [-0.2, 0) is 10.9 Å². The van der Waals surface area contributed by atoms with Crippen molar-refractivity contribution in [3.8, 4) is 16.9 Å². The number of hydrogen-bond acceptors (Lipinski definition) is 4. The van der Waals surface area contributed by atoms with Crippen LogP contribution in [0.5, 0.6) is 5.75 Å². The fourth-order valence-electron chi connectivity index (χ4n) is 2.37. The first kappa shape index (κ1) is 16.7. The minimum Gasteiger partial charge on any atom is -0.505 e. The van der Waals surface area contributed by atoms with E-state index < -0.39 is 40.5 Å². The molecule has 1 aliphatic heterocycles. The van der Waals surface area contributed by atoms with Crippen molar-refractivity contribution in [1.29, 1.82) is 0 Å². The highest BCUT2D eigenvalue weighted by atomic mass is 19.4. The first-order valence-corrected chi connectivity index (χ1v) is 6.97. The second kappa shape index (κ2) is 6.08. The highest BCUT2D eigenvalue weighted by molar-refractivity contribution is 5.92. The van der Waals surface area contributed by atoms with Crippen LogP contribution in [0.3, 0.4) is 0 Å². The molecule has 0 fully saturated rings. The van der Waals surface area contributed by atoms with E-state index in [-0.39, 0.29) is 12.3 Å². The number of hydrazone groups is 1. The molecule has 2 aromatic rings. The number of phenolic OH excluding ortho intramolecular Hbond substituents is 1. The smallest absolute Gasteiger partial charge is 0.435 e. The molecular weight excluding hydrogens is 344 g/mol. The Balaban J connectivity index is 2.17. The Kier molecular flexibility index (Phi) is 4.07. The van der Waals surface area contributed by atoms with Crippen LogP contribution in [0.1, 0.15) is 5.56 Å². The summed E-state index contributed by atoms with van der Waals surface area (Å²) in [6.07, 6.45) is -4.53. The number of nitrogens with zero attached hydrogens (tertiary/aromatic N) is 2. The van der Waals surface area contributed by atoms with Gasteiger partial charge in [0.05, 0.1) is 17.5 Å². The van der Waals surface area contributed by atoms with Crippen LogP contribution in [0, 0.1) is 5.82 Å². The Morgan fingerprint density at radius 1 is 1.16 bits per heavy atom. The molecule has 0 saturated carbocycles. The molecule has 0 atom stereocenters. The van der Waals surface area contributed by atoms with E-state index in [0.29, 0.717) is 11.1 Å². The van der Waals surface area contributed by atoms with Gasteiger partial charge in [0.1, 0.15) is 6.61 Å². The molecule has 0 radical (unpaired) electrons. The number of amides is 1. The summed E-state index contributed by atoms with van der Waals surface area (Å²) in [6, 6.07) is 6.23. The molecule has 0 aliphatic carbocycles. The zero-order valence-electron chi connectivity index (χ0n) is 12.4. The fraction of sp³-hybridized carbons (Fsp3) is 0.125. The number of alkyl halides is 3. The van der Waals surface area contributed by atoms with Gasteiger partial charge in [-0.15, -0.1) is 0 Å². The highest BCUT2D eigenvalue weighted by Crippen LogP contribution is 2.41. The van der Waals surface area contributed by atoms with E-state index in [1.165, 1.54) is 18.3 Å². The van der Waals surface area contributed by atoms with E-state index in [4.69, 9.17) is 0 Å². The predicted octanol–water partition coefficient (Wildman–Crippen LogP) is 4.16. The third-order valence-corrected chi connectivity index (χ3v) is 3.47. The maximum atomic E-state index is 14.0. The van der Waals surface area contributed by atoms with Crippen molar-refractivity contribution in [3.05, 3.63) is 47.8 Å². The highest BCUT2D eigenvalue weighted by Gasteiger charge is 2.36. The van der Waals surface area contributed by atoms with Crippen LogP contribution in [0.2, 0.25) is 0 Å². The lowest BCUT2D eigenvalue weighted by Crippen LogP contribution is -2.31. The van der Waals surface area contributed by atoms with E-state index in [1.54, 1.807) is 0 Å². The van der Waals surface area contributed by atoms with Gasteiger partial charge in [-0.25, -0.2) is 9.18 Å². The summed E-state index contributed by atoms with van der Waals surface area (Å²) in [4.78, 5) is 11.6. The Labute approximate surface area is 138 Å². The van der Waals surface area contributed by atoms with Gasteiger partial charge in [-0.2, -0.15) is 23.3 Å². The first-order valence-electron chi connectivity index (χ1n) is 6.97. The van der Waals surface area contributed by atoms with Crippen LogP contribution in [0.25, 0.3) is 11.1 Å². The summed E-state index contributed by atoms with van der Waals surface area (Å²) < 4.78 is 59.1. The van der Waals surface area contributed by atoms with Gasteiger partial charge in [-0.05, 0) is 23.8 Å². The average Bonchev–Trinajstić information content (AvgIpc) is 2.57. The van der Waals surface area contributed by atoms with E-state index in [9.17, 15) is 27.5 Å². The molecule has 0 saturated heterocycles. The third kappa shape index (κ3) is 3.12. The number of carbonyl (C=O) groups is 1. The van der Waals surface area contributed by atoms with Crippen molar-refractivity contribution in [1.82, 2.24) is 0 Å². The number of halogens is 4. The molecule has 3 rings (SSSR count). The number of cyclic esters (lactones) is 1. The molecule has 0 bridgehead atoms. The number of rotatable bonds is 2. The Morgan fingerprint density at radius 2 is 1.92 bits per heavy atom. The van der Waals surface area contributed by atoms with Crippen LogP contribution in [-0.4, -0.2) is 24.0 Å². The minimum atomic E-state index is -4.83. The molecule has 1 aliphatic rings. The van der Waals surface area contributed by atoms with Gasteiger partial charge in [0.15, 0.2) is 11.6 Å². The molecule has 1 amide bonds. The Bertz CT molecular complexity index is 865. The summed E-state index contributed by atoms with van der Waals surface area (Å²) in [5.41, 5.74) is -2.25. The molecule has 0 aromatic heterocycles. The normalized spacial score (nSPS) is 14.6. The molecule has 2 aromatic carbocycles. The van der Waals surface area contributed by atoms with Crippen LogP contribution < -0.4 is 5.01 Å². The first-order chi connectivity index (χ1) is 11.8. The van der Waals surface area contributed by atoms with Gasteiger partial charge in [-0.3, -0.25) is 0 Å². The predicted molar refractivity (Wildman–Crippen MR) is 80.8 cm³/mol. The molecule has 0 spiro atoms. The molecule has 9 heteroatoms. The van der Waals surface area contributed by atoms with Crippen molar-refractivity contribution >= 4 is 18.0 Å². The van der Waals surface area contributed by atoms with E-state index in [0.717, 1.165) is 18.2 Å². The quantitative estimate of drug-likeness (QED) is 0.824. The van der Waals surface area contributed by atoms with Gasteiger partial charge in [-0.1, -0.05) is 18.2 Å². The second-order valence-electron chi connectivity index (χ2n) is 5.05. The fourth-order valence-corrected chi connectivity index (χ4v) is 2.37. The maximum absolute atomic E-state index is 14.0.